The molecule has 32 heavy (non-hydrogen) atoms. The van der Waals surface area contributed by atoms with Crippen LogP contribution in [0.1, 0.15) is 43.0 Å². The number of aromatic amines is 1. The average Bonchev–Trinajstić information content (AvgIpc) is 3.41. The van der Waals surface area contributed by atoms with E-state index in [9.17, 15) is 0 Å². The summed E-state index contributed by atoms with van der Waals surface area (Å²) in [6.07, 6.45) is 4.96. The number of aryl methyl sites for hydroxylation is 1. The first-order valence-electron chi connectivity index (χ1n) is 11.3. The van der Waals surface area contributed by atoms with Gasteiger partial charge in [-0.1, -0.05) is 62.4 Å². The number of nitrogens with zero attached hydrogens (tertiary/aromatic N) is 4. The lowest BCUT2D eigenvalue weighted by atomic mass is 9.91. The van der Waals surface area contributed by atoms with Crippen molar-refractivity contribution in [3.63, 3.8) is 0 Å². The Morgan fingerprint density at radius 1 is 1.03 bits per heavy atom. The normalized spacial score (nSPS) is 16.0. The summed E-state index contributed by atoms with van der Waals surface area (Å²) in [5, 5.41) is 9.69. The molecule has 2 N–H and O–H groups in total. The van der Waals surface area contributed by atoms with Gasteiger partial charge in [0.2, 0.25) is 5.95 Å². The number of rotatable bonds is 4. The summed E-state index contributed by atoms with van der Waals surface area (Å²) in [5.74, 6) is 1.82. The Kier molecular flexibility index (Phi) is 4.45. The first-order valence-corrected chi connectivity index (χ1v) is 11.3. The number of para-hydroxylation sites is 1. The molecule has 0 spiro atoms. The summed E-state index contributed by atoms with van der Waals surface area (Å²) >= 11 is 0. The lowest BCUT2D eigenvalue weighted by molar-refractivity contribution is 0.599. The van der Waals surface area contributed by atoms with Gasteiger partial charge in [-0.15, -0.1) is 0 Å². The van der Waals surface area contributed by atoms with E-state index >= 15 is 0 Å². The molecule has 3 heterocycles. The van der Waals surface area contributed by atoms with Crippen LogP contribution in [0.2, 0.25) is 0 Å². The van der Waals surface area contributed by atoms with E-state index in [1.54, 1.807) is 0 Å². The molecule has 1 aliphatic carbocycles. The number of benzene rings is 2. The second kappa shape index (κ2) is 7.48. The van der Waals surface area contributed by atoms with Crippen LogP contribution in [0.5, 0.6) is 0 Å². The summed E-state index contributed by atoms with van der Waals surface area (Å²) in [6.45, 7) is 4.35. The fourth-order valence-electron chi connectivity index (χ4n) is 4.79. The monoisotopic (exact) mass is 422 g/mol. The second-order valence-electron chi connectivity index (χ2n) is 8.94. The third-order valence-corrected chi connectivity index (χ3v) is 6.48. The number of H-pyrrole nitrogens is 1. The minimum atomic E-state index is 0.287. The van der Waals surface area contributed by atoms with E-state index < -0.39 is 0 Å². The molecule has 0 unspecified atom stereocenters. The van der Waals surface area contributed by atoms with Crippen LogP contribution in [0.4, 0.5) is 5.95 Å². The fraction of sp³-hybridized carbons (Fsp3) is 0.269. The molecule has 0 bridgehead atoms. The van der Waals surface area contributed by atoms with Gasteiger partial charge in [0, 0.05) is 33.8 Å². The predicted octanol–water partition coefficient (Wildman–Crippen LogP) is 5.37. The van der Waals surface area contributed by atoms with Gasteiger partial charge in [-0.2, -0.15) is 14.6 Å². The van der Waals surface area contributed by atoms with Gasteiger partial charge < -0.3 is 10.3 Å². The van der Waals surface area contributed by atoms with Crippen molar-refractivity contribution >= 4 is 22.5 Å². The van der Waals surface area contributed by atoms with Crippen molar-refractivity contribution in [3.8, 4) is 11.4 Å². The highest BCUT2D eigenvalue weighted by atomic mass is 15.4. The third kappa shape index (κ3) is 3.14. The van der Waals surface area contributed by atoms with Gasteiger partial charge in [-0.3, -0.25) is 0 Å². The van der Waals surface area contributed by atoms with Crippen molar-refractivity contribution in [2.75, 3.05) is 5.32 Å². The molecular formula is C26H26N6. The zero-order valence-corrected chi connectivity index (χ0v) is 18.3. The van der Waals surface area contributed by atoms with Crippen LogP contribution in [0.15, 0.2) is 60.8 Å². The van der Waals surface area contributed by atoms with Crippen molar-refractivity contribution in [1.82, 2.24) is 24.6 Å². The maximum absolute atomic E-state index is 4.91. The molecule has 3 aromatic heterocycles. The highest BCUT2D eigenvalue weighted by Gasteiger charge is 2.24. The highest BCUT2D eigenvalue weighted by Crippen LogP contribution is 2.31. The summed E-state index contributed by atoms with van der Waals surface area (Å²) in [6, 6.07) is 19.0. The van der Waals surface area contributed by atoms with Gasteiger partial charge in [0.25, 0.3) is 0 Å². The molecule has 160 valence electrons. The Morgan fingerprint density at radius 3 is 2.69 bits per heavy atom. The summed E-state index contributed by atoms with van der Waals surface area (Å²) < 4.78 is 1.87. The van der Waals surface area contributed by atoms with Crippen LogP contribution in [0.3, 0.4) is 0 Å². The number of nitrogens with one attached hydrogen (secondary N) is 2. The topological polar surface area (TPSA) is 70.9 Å². The van der Waals surface area contributed by atoms with E-state index in [0.717, 1.165) is 47.8 Å². The van der Waals surface area contributed by atoms with Gasteiger partial charge in [-0.05, 0) is 36.8 Å². The summed E-state index contributed by atoms with van der Waals surface area (Å²) in [7, 11) is 0. The summed E-state index contributed by atoms with van der Waals surface area (Å²) in [5.41, 5.74) is 7.03. The smallest absolute Gasteiger partial charge is 0.228 e. The molecule has 6 heteroatoms. The largest absolute Gasteiger partial charge is 0.358 e. The first kappa shape index (κ1) is 19.0. The van der Waals surface area contributed by atoms with E-state index in [0.29, 0.717) is 5.92 Å². The lowest BCUT2D eigenvalue weighted by Gasteiger charge is -2.24. The Bertz CT molecular complexity index is 1410. The molecule has 0 aliphatic heterocycles. The number of hydrogen-bond acceptors (Lipinski definition) is 4. The van der Waals surface area contributed by atoms with Crippen molar-refractivity contribution in [2.45, 2.75) is 45.1 Å². The van der Waals surface area contributed by atoms with Crippen LogP contribution < -0.4 is 5.32 Å². The SMILES string of the molecule is CC(C)c1cnn2c(N[C@@H]3CCc4[nH]c5ccccc5c4C3)nc(-c3ccccc3)nc12. The Labute approximate surface area is 186 Å². The average molecular weight is 423 g/mol. The van der Waals surface area contributed by atoms with Crippen LogP contribution >= 0.6 is 0 Å². The molecule has 0 fully saturated rings. The maximum Gasteiger partial charge on any atom is 0.228 e. The van der Waals surface area contributed by atoms with Gasteiger partial charge in [0.05, 0.1) is 6.20 Å². The molecule has 0 saturated carbocycles. The van der Waals surface area contributed by atoms with E-state index in [4.69, 9.17) is 9.97 Å². The lowest BCUT2D eigenvalue weighted by Crippen LogP contribution is -2.29. The van der Waals surface area contributed by atoms with Crippen molar-refractivity contribution < 1.29 is 0 Å². The molecule has 0 saturated heterocycles. The highest BCUT2D eigenvalue weighted by molar-refractivity contribution is 5.85. The molecule has 6 rings (SSSR count). The number of fused-ring (bicyclic) bond motifs is 4. The van der Waals surface area contributed by atoms with Crippen LogP contribution in [-0.2, 0) is 12.8 Å². The molecule has 1 atom stereocenters. The Morgan fingerprint density at radius 2 is 1.84 bits per heavy atom. The van der Waals surface area contributed by atoms with E-state index in [1.807, 2.05) is 28.9 Å². The number of anilines is 1. The molecule has 0 radical (unpaired) electrons. The van der Waals surface area contributed by atoms with Gasteiger partial charge >= 0.3 is 0 Å². The summed E-state index contributed by atoms with van der Waals surface area (Å²) in [4.78, 5) is 13.4. The minimum absolute atomic E-state index is 0.287. The zero-order valence-electron chi connectivity index (χ0n) is 18.3. The standard InChI is InChI=1S/C26H26N6/c1-16(2)21-15-27-32-25(21)30-24(17-8-4-3-5-9-17)31-26(32)28-18-12-13-23-20(14-18)19-10-6-7-11-22(19)29-23/h3-11,15-16,18,29H,12-14H2,1-2H3,(H,28,30,31)/t18-/m1/s1. The maximum atomic E-state index is 4.91. The van der Waals surface area contributed by atoms with Crippen molar-refractivity contribution in [3.05, 3.63) is 77.6 Å². The Hall–Kier alpha value is -3.67. The second-order valence-corrected chi connectivity index (χ2v) is 8.94. The van der Waals surface area contributed by atoms with E-state index in [2.05, 4.69) is 65.6 Å². The molecule has 0 amide bonds. The van der Waals surface area contributed by atoms with E-state index in [1.165, 1.54) is 22.2 Å². The third-order valence-electron chi connectivity index (χ3n) is 6.48. The number of hydrogen-bond donors (Lipinski definition) is 2. The van der Waals surface area contributed by atoms with Crippen LogP contribution in [0, 0.1) is 0 Å². The molecule has 2 aromatic carbocycles. The zero-order chi connectivity index (χ0) is 21.7. The Balaban J connectivity index is 1.41. The van der Waals surface area contributed by atoms with Gasteiger partial charge in [0.1, 0.15) is 0 Å². The van der Waals surface area contributed by atoms with Crippen molar-refractivity contribution in [2.24, 2.45) is 0 Å². The minimum Gasteiger partial charge on any atom is -0.358 e. The van der Waals surface area contributed by atoms with Crippen molar-refractivity contribution in [1.29, 1.82) is 0 Å². The van der Waals surface area contributed by atoms with Gasteiger partial charge in [-0.25, -0.2) is 4.98 Å². The molecule has 5 aromatic rings. The fourth-order valence-corrected chi connectivity index (χ4v) is 4.79. The molecule has 1 aliphatic rings. The quantitative estimate of drug-likeness (QED) is 0.409. The molecular weight excluding hydrogens is 396 g/mol. The van der Waals surface area contributed by atoms with Crippen LogP contribution in [-0.4, -0.2) is 30.6 Å². The number of aromatic nitrogens is 5. The van der Waals surface area contributed by atoms with Crippen LogP contribution in [0.25, 0.3) is 27.9 Å². The van der Waals surface area contributed by atoms with Gasteiger partial charge in [0.15, 0.2) is 11.5 Å². The first-order chi connectivity index (χ1) is 15.7. The molecule has 6 nitrogen and oxygen atoms in total. The predicted molar refractivity (Wildman–Crippen MR) is 128 cm³/mol. The van der Waals surface area contributed by atoms with E-state index in [-0.39, 0.29) is 6.04 Å².